The first-order chi connectivity index (χ1) is 7.70. The molecule has 2 aromatic rings. The Labute approximate surface area is 96.6 Å². The van der Waals surface area contributed by atoms with Crippen LogP contribution in [0.4, 0.5) is 5.69 Å². The lowest BCUT2D eigenvalue weighted by Crippen LogP contribution is -1.86. The molecule has 0 aliphatic carbocycles. The van der Waals surface area contributed by atoms with Gasteiger partial charge in [-0.3, -0.25) is 10.1 Å². The van der Waals surface area contributed by atoms with Crippen molar-refractivity contribution in [1.82, 2.24) is 0 Å². The van der Waals surface area contributed by atoms with Gasteiger partial charge in [0.05, 0.1) is 10.8 Å². The standard InChI is InChI=1S/C11H8ClNO3/c12-7-10-5-6-11(16-10)8-1-3-9(4-2-8)13(14)15/h1-6H,7H2. The molecule has 0 amide bonds. The Bertz CT molecular complexity index is 504. The van der Waals surface area contributed by atoms with Gasteiger partial charge in [0.15, 0.2) is 0 Å². The highest BCUT2D eigenvalue weighted by atomic mass is 35.5. The first-order valence-electron chi connectivity index (χ1n) is 4.60. The second-order valence-corrected chi connectivity index (χ2v) is 3.47. The lowest BCUT2D eigenvalue weighted by Gasteiger charge is -1.96. The molecule has 1 aromatic carbocycles. The minimum atomic E-state index is -0.434. The fourth-order valence-corrected chi connectivity index (χ4v) is 1.50. The Morgan fingerprint density at radius 3 is 2.38 bits per heavy atom. The topological polar surface area (TPSA) is 56.3 Å². The van der Waals surface area contributed by atoms with Crippen molar-refractivity contribution < 1.29 is 9.34 Å². The lowest BCUT2D eigenvalue weighted by molar-refractivity contribution is -0.384. The van der Waals surface area contributed by atoms with Gasteiger partial charge in [-0.05, 0) is 24.3 Å². The molecule has 0 bridgehead atoms. The normalized spacial score (nSPS) is 10.3. The molecule has 0 aliphatic heterocycles. The lowest BCUT2D eigenvalue weighted by atomic mass is 10.1. The number of rotatable bonds is 3. The number of benzene rings is 1. The van der Waals surface area contributed by atoms with E-state index < -0.39 is 4.92 Å². The van der Waals surface area contributed by atoms with Gasteiger partial charge in [-0.1, -0.05) is 0 Å². The highest BCUT2D eigenvalue weighted by Crippen LogP contribution is 2.24. The van der Waals surface area contributed by atoms with E-state index in [1.54, 1.807) is 24.3 Å². The van der Waals surface area contributed by atoms with Crippen LogP contribution >= 0.6 is 11.6 Å². The molecule has 0 N–H and O–H groups in total. The highest BCUT2D eigenvalue weighted by molar-refractivity contribution is 6.16. The number of nitro groups is 1. The average Bonchev–Trinajstić information content (AvgIpc) is 2.77. The summed E-state index contributed by atoms with van der Waals surface area (Å²) in [6.45, 7) is 0. The number of nitrogens with zero attached hydrogens (tertiary/aromatic N) is 1. The molecule has 0 aliphatic rings. The molecule has 1 aromatic heterocycles. The van der Waals surface area contributed by atoms with E-state index in [4.69, 9.17) is 16.0 Å². The van der Waals surface area contributed by atoms with Crippen molar-refractivity contribution in [2.75, 3.05) is 0 Å². The summed E-state index contributed by atoms with van der Waals surface area (Å²) in [5, 5.41) is 10.5. The maximum absolute atomic E-state index is 10.5. The third-order valence-corrected chi connectivity index (χ3v) is 2.42. The third-order valence-electron chi connectivity index (χ3n) is 2.16. The van der Waals surface area contributed by atoms with Crippen molar-refractivity contribution in [1.29, 1.82) is 0 Å². The average molecular weight is 238 g/mol. The SMILES string of the molecule is O=[N+]([O-])c1ccc(-c2ccc(CCl)o2)cc1. The predicted octanol–water partition coefficient (Wildman–Crippen LogP) is 3.59. The predicted molar refractivity (Wildman–Crippen MR) is 60.4 cm³/mol. The van der Waals surface area contributed by atoms with Crippen LogP contribution in [0.2, 0.25) is 0 Å². The highest BCUT2D eigenvalue weighted by Gasteiger charge is 2.07. The van der Waals surface area contributed by atoms with E-state index in [2.05, 4.69) is 0 Å². The summed E-state index contributed by atoms with van der Waals surface area (Å²) in [5.41, 5.74) is 0.856. The molecule has 0 saturated heterocycles. The molecular weight excluding hydrogens is 230 g/mol. The third kappa shape index (κ3) is 2.06. The first kappa shape index (κ1) is 10.7. The van der Waals surface area contributed by atoms with E-state index in [1.807, 2.05) is 0 Å². The number of halogens is 1. The number of hydrogen-bond donors (Lipinski definition) is 0. The molecule has 2 rings (SSSR count). The Balaban J connectivity index is 2.30. The molecule has 0 atom stereocenters. The second-order valence-electron chi connectivity index (χ2n) is 3.20. The van der Waals surface area contributed by atoms with Gasteiger partial charge >= 0.3 is 0 Å². The van der Waals surface area contributed by atoms with Gasteiger partial charge in [-0.2, -0.15) is 0 Å². The van der Waals surface area contributed by atoms with Gasteiger partial charge in [0.25, 0.3) is 5.69 Å². The molecule has 16 heavy (non-hydrogen) atoms. The van der Waals surface area contributed by atoms with Gasteiger partial charge in [-0.15, -0.1) is 11.6 Å². The van der Waals surface area contributed by atoms with Crippen molar-refractivity contribution in [2.45, 2.75) is 5.88 Å². The largest absolute Gasteiger partial charge is 0.460 e. The number of hydrogen-bond acceptors (Lipinski definition) is 3. The molecule has 0 saturated carbocycles. The molecule has 4 nitrogen and oxygen atoms in total. The number of alkyl halides is 1. The van der Waals surface area contributed by atoms with Crippen molar-refractivity contribution in [3.63, 3.8) is 0 Å². The van der Waals surface area contributed by atoms with E-state index >= 15 is 0 Å². The van der Waals surface area contributed by atoms with Crippen LogP contribution in [-0.2, 0) is 5.88 Å². The molecule has 0 spiro atoms. The summed E-state index contributed by atoms with van der Waals surface area (Å²) in [5.74, 6) is 1.65. The zero-order chi connectivity index (χ0) is 11.5. The minimum Gasteiger partial charge on any atom is -0.460 e. The van der Waals surface area contributed by atoms with Crippen molar-refractivity contribution >= 4 is 17.3 Å². The number of furan rings is 1. The zero-order valence-electron chi connectivity index (χ0n) is 8.22. The summed E-state index contributed by atoms with van der Waals surface area (Å²) < 4.78 is 5.42. The van der Waals surface area contributed by atoms with Gasteiger partial charge in [-0.25, -0.2) is 0 Å². The summed E-state index contributed by atoms with van der Waals surface area (Å²) >= 11 is 5.61. The quantitative estimate of drug-likeness (QED) is 0.466. The fraction of sp³-hybridized carbons (Fsp3) is 0.0909. The molecule has 82 valence electrons. The van der Waals surface area contributed by atoms with Crippen LogP contribution in [0.1, 0.15) is 5.76 Å². The monoisotopic (exact) mass is 237 g/mol. The van der Waals surface area contributed by atoms with Gasteiger partial charge < -0.3 is 4.42 Å². The molecule has 0 fully saturated rings. The fourth-order valence-electron chi connectivity index (χ4n) is 1.35. The van der Waals surface area contributed by atoms with Crippen molar-refractivity contribution in [2.24, 2.45) is 0 Å². The maximum Gasteiger partial charge on any atom is 0.269 e. The molecule has 5 heteroatoms. The smallest absolute Gasteiger partial charge is 0.269 e. The number of nitro benzene ring substituents is 1. The zero-order valence-corrected chi connectivity index (χ0v) is 8.98. The minimum absolute atomic E-state index is 0.0628. The van der Waals surface area contributed by atoms with Crippen LogP contribution in [0.25, 0.3) is 11.3 Å². The van der Waals surface area contributed by atoms with Crippen LogP contribution < -0.4 is 0 Å². The van der Waals surface area contributed by atoms with Crippen LogP contribution in [0.15, 0.2) is 40.8 Å². The summed E-state index contributed by atoms with van der Waals surface area (Å²) in [4.78, 5) is 10.0. The Kier molecular flexibility index (Phi) is 2.92. The van der Waals surface area contributed by atoms with E-state index in [1.165, 1.54) is 12.1 Å². The maximum atomic E-state index is 10.5. The summed E-state index contributed by atoms with van der Waals surface area (Å²) in [6.07, 6.45) is 0. The summed E-state index contributed by atoms with van der Waals surface area (Å²) in [7, 11) is 0. The first-order valence-corrected chi connectivity index (χ1v) is 5.13. The van der Waals surface area contributed by atoms with Crippen LogP contribution in [0.5, 0.6) is 0 Å². The van der Waals surface area contributed by atoms with Crippen LogP contribution in [-0.4, -0.2) is 4.92 Å². The van der Waals surface area contributed by atoms with Crippen LogP contribution in [0, 0.1) is 10.1 Å². The van der Waals surface area contributed by atoms with Gasteiger partial charge in [0.1, 0.15) is 11.5 Å². The van der Waals surface area contributed by atoms with Crippen molar-refractivity contribution in [3.05, 3.63) is 52.3 Å². The second kappa shape index (κ2) is 4.37. The summed E-state index contributed by atoms with van der Waals surface area (Å²) in [6, 6.07) is 9.75. The number of non-ortho nitro benzene ring substituents is 1. The Hall–Kier alpha value is -1.81. The van der Waals surface area contributed by atoms with Gasteiger partial charge in [0.2, 0.25) is 0 Å². The van der Waals surface area contributed by atoms with Crippen LogP contribution in [0.3, 0.4) is 0 Å². The molecule has 0 unspecified atom stereocenters. The van der Waals surface area contributed by atoms with Gasteiger partial charge in [0, 0.05) is 17.7 Å². The molecule has 1 heterocycles. The Morgan fingerprint density at radius 2 is 1.88 bits per heavy atom. The van der Waals surface area contributed by atoms with E-state index in [0.717, 1.165) is 5.56 Å². The van der Waals surface area contributed by atoms with E-state index in [-0.39, 0.29) is 5.69 Å². The van der Waals surface area contributed by atoms with E-state index in [0.29, 0.717) is 17.4 Å². The molecule has 0 radical (unpaired) electrons. The van der Waals surface area contributed by atoms with Crippen molar-refractivity contribution in [3.8, 4) is 11.3 Å². The van der Waals surface area contributed by atoms with E-state index in [9.17, 15) is 10.1 Å². The Morgan fingerprint density at radius 1 is 1.19 bits per heavy atom. The molecular formula is C11H8ClNO3.